The third-order valence-corrected chi connectivity index (χ3v) is 3.78. The predicted octanol–water partition coefficient (Wildman–Crippen LogP) is 1.63. The first kappa shape index (κ1) is 13.9. The average Bonchev–Trinajstić information content (AvgIpc) is 2.28. The van der Waals surface area contributed by atoms with Crippen molar-refractivity contribution in [1.82, 2.24) is 4.90 Å². The number of hydrogen-bond donors (Lipinski definition) is 2. The molecule has 0 bridgehead atoms. The van der Waals surface area contributed by atoms with Crippen molar-refractivity contribution in [3.63, 3.8) is 0 Å². The average molecular weight is 229 g/mol. The molecular weight excluding hydrogens is 202 g/mol. The third-order valence-electron chi connectivity index (χ3n) is 3.78. The van der Waals surface area contributed by atoms with Crippen LogP contribution in [0.15, 0.2) is 0 Å². The molecule has 1 fully saturated rings. The van der Waals surface area contributed by atoms with Crippen molar-refractivity contribution >= 4 is 0 Å². The van der Waals surface area contributed by atoms with Crippen LogP contribution in [0.5, 0.6) is 0 Å². The molecule has 0 amide bonds. The van der Waals surface area contributed by atoms with E-state index in [4.69, 9.17) is 0 Å². The van der Waals surface area contributed by atoms with Crippen molar-refractivity contribution in [3.05, 3.63) is 0 Å². The zero-order chi connectivity index (χ0) is 12.0. The van der Waals surface area contributed by atoms with Crippen molar-refractivity contribution in [1.29, 1.82) is 0 Å². The number of rotatable bonds is 6. The first-order valence-corrected chi connectivity index (χ1v) is 6.55. The van der Waals surface area contributed by atoms with Gasteiger partial charge in [0.15, 0.2) is 0 Å². The van der Waals surface area contributed by atoms with Gasteiger partial charge in [0, 0.05) is 25.1 Å². The smallest absolute Gasteiger partial charge is 0.0524 e. The summed E-state index contributed by atoms with van der Waals surface area (Å²) in [4.78, 5) is 2.26. The Bertz CT molecular complexity index is 188. The van der Waals surface area contributed by atoms with E-state index in [1.54, 1.807) is 0 Å². The monoisotopic (exact) mass is 229 g/mol. The van der Waals surface area contributed by atoms with Crippen LogP contribution in [0.3, 0.4) is 0 Å². The molecule has 1 aliphatic carbocycles. The summed E-state index contributed by atoms with van der Waals surface area (Å²) in [6.07, 6.45) is 6.73. The van der Waals surface area contributed by atoms with Gasteiger partial charge in [-0.05, 0) is 33.2 Å². The van der Waals surface area contributed by atoms with Gasteiger partial charge < -0.3 is 15.1 Å². The van der Waals surface area contributed by atoms with E-state index in [2.05, 4.69) is 11.9 Å². The molecule has 0 aromatic rings. The van der Waals surface area contributed by atoms with Gasteiger partial charge in [0.25, 0.3) is 0 Å². The summed E-state index contributed by atoms with van der Waals surface area (Å²) < 4.78 is 0. The molecule has 1 atom stereocenters. The largest absolute Gasteiger partial charge is 0.396 e. The first-order valence-electron chi connectivity index (χ1n) is 6.55. The lowest BCUT2D eigenvalue weighted by atomic mass is 9.74. The molecule has 2 N–H and O–H groups in total. The lowest BCUT2D eigenvalue weighted by Crippen LogP contribution is -2.40. The number of hydrogen-bond acceptors (Lipinski definition) is 3. The van der Waals surface area contributed by atoms with Gasteiger partial charge >= 0.3 is 0 Å². The molecule has 3 heteroatoms. The Kier molecular flexibility index (Phi) is 5.73. The molecule has 0 radical (unpaired) electrons. The topological polar surface area (TPSA) is 43.7 Å². The second kappa shape index (κ2) is 6.58. The van der Waals surface area contributed by atoms with Crippen LogP contribution < -0.4 is 0 Å². The molecule has 3 nitrogen and oxygen atoms in total. The van der Waals surface area contributed by atoms with Gasteiger partial charge in [-0.15, -0.1) is 0 Å². The summed E-state index contributed by atoms with van der Waals surface area (Å²) in [5.74, 6) is 0. The molecule has 0 spiro atoms. The quantitative estimate of drug-likeness (QED) is 0.727. The number of aliphatic hydroxyl groups is 2. The maximum Gasteiger partial charge on any atom is 0.0524 e. The molecule has 16 heavy (non-hydrogen) atoms. The molecule has 0 heterocycles. The fourth-order valence-electron chi connectivity index (χ4n) is 2.73. The van der Waals surface area contributed by atoms with Crippen molar-refractivity contribution in [3.8, 4) is 0 Å². The zero-order valence-electron chi connectivity index (χ0n) is 10.8. The van der Waals surface area contributed by atoms with Crippen molar-refractivity contribution in [2.24, 2.45) is 5.41 Å². The van der Waals surface area contributed by atoms with Gasteiger partial charge in [-0.2, -0.15) is 0 Å². The maximum absolute atomic E-state index is 9.59. The van der Waals surface area contributed by atoms with Crippen molar-refractivity contribution in [2.75, 3.05) is 26.7 Å². The highest BCUT2D eigenvalue weighted by atomic mass is 16.3. The fourth-order valence-corrected chi connectivity index (χ4v) is 2.73. The summed E-state index contributed by atoms with van der Waals surface area (Å²) in [6.45, 7) is 4.03. The van der Waals surface area contributed by atoms with Gasteiger partial charge in [0.05, 0.1) is 6.10 Å². The Morgan fingerprint density at radius 3 is 2.38 bits per heavy atom. The van der Waals surface area contributed by atoms with E-state index >= 15 is 0 Å². The fraction of sp³-hybridized carbons (Fsp3) is 1.00. The van der Waals surface area contributed by atoms with Gasteiger partial charge in [-0.1, -0.05) is 19.3 Å². The normalized spacial score (nSPS) is 22.3. The van der Waals surface area contributed by atoms with Gasteiger partial charge in [-0.3, -0.25) is 0 Å². The van der Waals surface area contributed by atoms with E-state index < -0.39 is 0 Å². The predicted molar refractivity (Wildman–Crippen MR) is 66.4 cm³/mol. The van der Waals surface area contributed by atoms with E-state index in [1.807, 2.05) is 6.92 Å². The van der Waals surface area contributed by atoms with E-state index in [9.17, 15) is 10.2 Å². The minimum Gasteiger partial charge on any atom is -0.396 e. The van der Waals surface area contributed by atoms with E-state index in [-0.39, 0.29) is 11.5 Å². The van der Waals surface area contributed by atoms with Crippen LogP contribution in [0, 0.1) is 5.41 Å². The standard InChI is InChI=1S/C13H27NO2/c1-12(16)6-9-14(2)10-13(11-15)7-4-3-5-8-13/h12,15-16H,3-11H2,1-2H3. The van der Waals surface area contributed by atoms with Crippen molar-refractivity contribution in [2.45, 2.75) is 51.6 Å². The lowest BCUT2D eigenvalue weighted by Gasteiger charge is -2.38. The van der Waals surface area contributed by atoms with E-state index in [0.29, 0.717) is 6.61 Å². The van der Waals surface area contributed by atoms with Crippen LogP contribution in [0.2, 0.25) is 0 Å². The Hall–Kier alpha value is -0.120. The molecule has 0 aromatic heterocycles. The Morgan fingerprint density at radius 2 is 1.88 bits per heavy atom. The number of nitrogens with zero attached hydrogens (tertiary/aromatic N) is 1. The number of aliphatic hydroxyl groups excluding tert-OH is 2. The Balaban J connectivity index is 2.36. The summed E-state index contributed by atoms with van der Waals surface area (Å²) in [5.41, 5.74) is 0.131. The third kappa shape index (κ3) is 4.40. The van der Waals surface area contributed by atoms with Crippen LogP contribution in [-0.4, -0.2) is 48.0 Å². The molecule has 1 aliphatic rings. The Labute approximate surface area is 99.5 Å². The van der Waals surface area contributed by atoms with Crippen LogP contribution in [0.1, 0.15) is 45.4 Å². The summed E-state index contributed by atoms with van der Waals surface area (Å²) in [5, 5.41) is 18.8. The Morgan fingerprint density at radius 1 is 1.25 bits per heavy atom. The zero-order valence-corrected chi connectivity index (χ0v) is 10.8. The van der Waals surface area contributed by atoms with E-state index in [0.717, 1.165) is 32.4 Å². The maximum atomic E-state index is 9.59. The molecular formula is C13H27NO2. The summed E-state index contributed by atoms with van der Waals surface area (Å²) >= 11 is 0. The van der Waals surface area contributed by atoms with E-state index in [1.165, 1.54) is 19.3 Å². The molecule has 96 valence electrons. The molecule has 1 unspecified atom stereocenters. The molecule has 0 aromatic carbocycles. The van der Waals surface area contributed by atoms with Gasteiger partial charge in [-0.25, -0.2) is 0 Å². The van der Waals surface area contributed by atoms with Crippen LogP contribution in [-0.2, 0) is 0 Å². The first-order chi connectivity index (χ1) is 7.58. The molecule has 0 aliphatic heterocycles. The van der Waals surface area contributed by atoms with Gasteiger partial charge in [0.1, 0.15) is 0 Å². The minimum absolute atomic E-state index is 0.131. The summed E-state index contributed by atoms with van der Waals surface area (Å²) in [7, 11) is 2.09. The van der Waals surface area contributed by atoms with Gasteiger partial charge in [0.2, 0.25) is 0 Å². The van der Waals surface area contributed by atoms with Crippen molar-refractivity contribution < 1.29 is 10.2 Å². The highest BCUT2D eigenvalue weighted by molar-refractivity contribution is 4.84. The summed E-state index contributed by atoms with van der Waals surface area (Å²) in [6, 6.07) is 0. The highest BCUT2D eigenvalue weighted by Gasteiger charge is 2.32. The second-order valence-electron chi connectivity index (χ2n) is 5.59. The second-order valence-corrected chi connectivity index (χ2v) is 5.59. The van der Waals surface area contributed by atoms with Crippen LogP contribution >= 0.6 is 0 Å². The highest BCUT2D eigenvalue weighted by Crippen LogP contribution is 2.36. The minimum atomic E-state index is -0.223. The van der Waals surface area contributed by atoms with Crippen LogP contribution in [0.4, 0.5) is 0 Å². The molecule has 0 saturated heterocycles. The molecule has 1 saturated carbocycles. The SMILES string of the molecule is CC(O)CCN(C)CC1(CO)CCCCC1. The molecule has 1 rings (SSSR count). The lowest BCUT2D eigenvalue weighted by molar-refractivity contribution is 0.0443. The van der Waals surface area contributed by atoms with Crippen LogP contribution in [0.25, 0.3) is 0 Å².